The van der Waals surface area contributed by atoms with Gasteiger partial charge in [-0.3, -0.25) is 4.79 Å². The molecule has 8 nitrogen and oxygen atoms in total. The van der Waals surface area contributed by atoms with Gasteiger partial charge >= 0.3 is 5.97 Å². The smallest absolute Gasteiger partial charge is 0.338 e. The first-order chi connectivity index (χ1) is 14.6. The predicted octanol–water partition coefficient (Wildman–Crippen LogP) is 3.57. The van der Waals surface area contributed by atoms with Gasteiger partial charge in [0.05, 0.1) is 30.7 Å². The molecule has 0 bridgehead atoms. The van der Waals surface area contributed by atoms with Crippen LogP contribution in [0, 0.1) is 0 Å². The number of H-pyrrole nitrogens is 1. The highest BCUT2D eigenvalue weighted by Gasteiger charge is 2.13. The second-order valence-corrected chi connectivity index (χ2v) is 6.27. The number of hydrogen-bond donors (Lipinski definition) is 1. The van der Waals surface area contributed by atoms with Crippen LogP contribution in [0.3, 0.4) is 0 Å². The molecule has 2 heterocycles. The Kier molecular flexibility index (Phi) is 5.13. The Morgan fingerprint density at radius 1 is 1.00 bits per heavy atom. The molecule has 30 heavy (non-hydrogen) atoms. The van der Waals surface area contributed by atoms with Crippen LogP contribution in [-0.2, 0) is 4.74 Å². The van der Waals surface area contributed by atoms with Gasteiger partial charge in [-0.1, -0.05) is 12.1 Å². The van der Waals surface area contributed by atoms with Gasteiger partial charge in [0.2, 0.25) is 5.88 Å². The molecule has 4 aromatic rings. The molecule has 0 spiro atoms. The van der Waals surface area contributed by atoms with E-state index in [1.54, 1.807) is 36.4 Å². The first-order valence-electron chi connectivity index (χ1n) is 8.99. The highest BCUT2D eigenvalue weighted by Crippen LogP contribution is 2.34. The van der Waals surface area contributed by atoms with E-state index in [1.807, 2.05) is 6.07 Å². The van der Waals surface area contributed by atoms with Crippen LogP contribution in [0.25, 0.3) is 22.3 Å². The third kappa shape index (κ3) is 3.70. The van der Waals surface area contributed by atoms with Gasteiger partial charge in [0, 0.05) is 17.8 Å². The van der Waals surface area contributed by atoms with E-state index in [-0.39, 0.29) is 11.4 Å². The van der Waals surface area contributed by atoms with Crippen molar-refractivity contribution < 1.29 is 19.0 Å². The van der Waals surface area contributed by atoms with E-state index in [0.29, 0.717) is 39.4 Å². The second kappa shape index (κ2) is 8.04. The normalized spacial score (nSPS) is 10.6. The maximum atomic E-state index is 12.3. The van der Waals surface area contributed by atoms with Crippen molar-refractivity contribution in [1.82, 2.24) is 15.0 Å². The Morgan fingerprint density at radius 3 is 2.63 bits per heavy atom. The van der Waals surface area contributed by atoms with Crippen molar-refractivity contribution in [3.63, 3.8) is 0 Å². The van der Waals surface area contributed by atoms with Crippen LogP contribution in [0.2, 0.25) is 0 Å². The van der Waals surface area contributed by atoms with Crippen LogP contribution in [0.4, 0.5) is 0 Å². The third-order valence-corrected chi connectivity index (χ3v) is 4.42. The van der Waals surface area contributed by atoms with Crippen molar-refractivity contribution >= 4 is 16.9 Å². The number of nitrogens with zero attached hydrogens (tertiary/aromatic N) is 2. The lowest BCUT2D eigenvalue weighted by molar-refractivity contribution is 0.0600. The summed E-state index contributed by atoms with van der Waals surface area (Å²) in [4.78, 5) is 35.5. The highest BCUT2D eigenvalue weighted by atomic mass is 16.5. The number of benzene rings is 2. The zero-order chi connectivity index (χ0) is 21.1. The molecule has 0 fully saturated rings. The molecule has 0 saturated heterocycles. The van der Waals surface area contributed by atoms with E-state index < -0.39 is 5.97 Å². The molecule has 0 amide bonds. The number of nitrogens with one attached hydrogen (secondary N) is 1. The van der Waals surface area contributed by atoms with E-state index in [0.717, 1.165) is 0 Å². The molecule has 0 aliphatic rings. The largest absolute Gasteiger partial charge is 0.493 e. The zero-order valence-corrected chi connectivity index (χ0v) is 16.2. The number of methoxy groups -OCH3 is 2. The fourth-order valence-corrected chi connectivity index (χ4v) is 2.95. The van der Waals surface area contributed by atoms with Gasteiger partial charge < -0.3 is 19.2 Å². The number of esters is 1. The molecular formula is C22H17N3O5. The summed E-state index contributed by atoms with van der Waals surface area (Å²) < 4.78 is 15.9. The molecule has 8 heteroatoms. The number of para-hydroxylation sites is 1. The van der Waals surface area contributed by atoms with E-state index in [2.05, 4.69) is 15.0 Å². The minimum atomic E-state index is -0.490. The van der Waals surface area contributed by atoms with Crippen molar-refractivity contribution in [2.45, 2.75) is 0 Å². The summed E-state index contributed by atoms with van der Waals surface area (Å²) in [7, 11) is 2.80. The molecule has 0 unspecified atom stereocenters. The van der Waals surface area contributed by atoms with Gasteiger partial charge in [0.15, 0.2) is 11.5 Å². The van der Waals surface area contributed by atoms with Gasteiger partial charge in [0.25, 0.3) is 5.56 Å². The van der Waals surface area contributed by atoms with E-state index in [4.69, 9.17) is 14.2 Å². The lowest BCUT2D eigenvalue weighted by Gasteiger charge is -2.12. The van der Waals surface area contributed by atoms with Crippen molar-refractivity contribution in [3.8, 4) is 28.8 Å². The first kappa shape index (κ1) is 19.1. The summed E-state index contributed by atoms with van der Waals surface area (Å²) in [5.74, 6) is 0.930. The Bertz CT molecular complexity index is 1300. The van der Waals surface area contributed by atoms with Crippen molar-refractivity contribution in [1.29, 1.82) is 0 Å². The molecule has 150 valence electrons. The number of carbonyl (C=O) groups is 1. The fraction of sp³-hybridized carbons (Fsp3) is 0.0909. The van der Waals surface area contributed by atoms with Gasteiger partial charge in [-0.25, -0.2) is 14.8 Å². The molecule has 4 rings (SSSR count). The summed E-state index contributed by atoms with van der Waals surface area (Å²) in [5, 5.41) is 0.518. The summed E-state index contributed by atoms with van der Waals surface area (Å²) >= 11 is 0. The number of carbonyl (C=O) groups excluding carboxylic acids is 1. The Hall–Kier alpha value is -4.20. The maximum Gasteiger partial charge on any atom is 0.338 e. The second-order valence-electron chi connectivity index (χ2n) is 6.27. The number of aromatic nitrogens is 3. The van der Waals surface area contributed by atoms with E-state index in [1.165, 1.54) is 32.5 Å². The predicted molar refractivity (Wildman–Crippen MR) is 110 cm³/mol. The van der Waals surface area contributed by atoms with Crippen molar-refractivity contribution in [2.75, 3.05) is 14.2 Å². The average Bonchev–Trinajstić information content (AvgIpc) is 2.79. The third-order valence-electron chi connectivity index (χ3n) is 4.42. The molecule has 0 atom stereocenters. The maximum absolute atomic E-state index is 12.3. The quantitative estimate of drug-likeness (QED) is 0.508. The zero-order valence-electron chi connectivity index (χ0n) is 16.2. The van der Waals surface area contributed by atoms with E-state index in [9.17, 15) is 9.59 Å². The minimum absolute atomic E-state index is 0.209. The summed E-state index contributed by atoms with van der Waals surface area (Å²) in [6.45, 7) is 0. The Balaban J connectivity index is 1.69. The van der Waals surface area contributed by atoms with Crippen molar-refractivity contribution in [2.24, 2.45) is 0 Å². The standard InChI is InChI=1S/C22H17N3O5/c1-28-18-11-13(20-24-16-6-4-3-5-15(16)21(26)25-20)7-8-17(18)30-19-12-14(9-10-23-19)22(27)29-2/h3-12H,1-2H3,(H,24,25,26). The number of rotatable bonds is 5. The molecule has 0 radical (unpaired) electrons. The van der Waals surface area contributed by atoms with Gasteiger partial charge in [-0.05, 0) is 36.4 Å². The summed E-state index contributed by atoms with van der Waals surface area (Å²) in [6.07, 6.45) is 1.45. The lowest BCUT2D eigenvalue weighted by Crippen LogP contribution is -2.09. The van der Waals surface area contributed by atoms with Crippen LogP contribution >= 0.6 is 0 Å². The molecule has 0 aliphatic carbocycles. The van der Waals surface area contributed by atoms with Crippen LogP contribution in [-0.4, -0.2) is 35.1 Å². The summed E-state index contributed by atoms with van der Waals surface area (Å²) in [5.41, 5.74) is 1.34. The number of hydrogen-bond acceptors (Lipinski definition) is 7. The monoisotopic (exact) mass is 403 g/mol. The number of ether oxygens (including phenoxy) is 3. The molecule has 0 aliphatic heterocycles. The topological polar surface area (TPSA) is 103 Å². The summed E-state index contributed by atoms with van der Waals surface area (Å²) in [6, 6.07) is 15.2. The van der Waals surface area contributed by atoms with Gasteiger partial charge in [0.1, 0.15) is 5.82 Å². The van der Waals surface area contributed by atoms with Crippen molar-refractivity contribution in [3.05, 3.63) is 76.7 Å². The minimum Gasteiger partial charge on any atom is -0.493 e. The average molecular weight is 403 g/mol. The highest BCUT2D eigenvalue weighted by molar-refractivity contribution is 5.89. The van der Waals surface area contributed by atoms with Gasteiger partial charge in [-0.2, -0.15) is 0 Å². The molecular weight excluding hydrogens is 386 g/mol. The van der Waals surface area contributed by atoms with Gasteiger partial charge in [-0.15, -0.1) is 0 Å². The molecule has 0 saturated carbocycles. The lowest BCUT2D eigenvalue weighted by atomic mass is 10.1. The van der Waals surface area contributed by atoms with E-state index >= 15 is 0 Å². The SMILES string of the molecule is COC(=O)c1ccnc(Oc2ccc(-c3nc4ccccc4c(=O)[nH]3)cc2OC)c1. The molecule has 2 aromatic carbocycles. The Labute approximate surface area is 171 Å². The number of aromatic amines is 1. The van der Waals surface area contributed by atoms with Crippen LogP contribution < -0.4 is 15.0 Å². The number of fused-ring (bicyclic) bond motifs is 1. The number of pyridine rings is 1. The molecule has 1 N–H and O–H groups in total. The first-order valence-corrected chi connectivity index (χ1v) is 8.99. The van der Waals surface area contributed by atoms with Crippen LogP contribution in [0.5, 0.6) is 17.4 Å². The Morgan fingerprint density at radius 2 is 1.83 bits per heavy atom. The van der Waals surface area contributed by atoms with Crippen LogP contribution in [0.15, 0.2) is 65.6 Å². The fourth-order valence-electron chi connectivity index (χ4n) is 2.95. The molecule has 2 aromatic heterocycles. The van der Waals surface area contributed by atoms with Crippen LogP contribution in [0.1, 0.15) is 10.4 Å².